The van der Waals surface area contributed by atoms with Gasteiger partial charge in [0.15, 0.2) is 0 Å². The van der Waals surface area contributed by atoms with Crippen LogP contribution in [0.3, 0.4) is 0 Å². The molecule has 1 N–H and O–H groups in total. The van der Waals surface area contributed by atoms with Gasteiger partial charge >= 0.3 is 0 Å². The maximum atomic E-state index is 12.4. The molecule has 6 nitrogen and oxygen atoms in total. The summed E-state index contributed by atoms with van der Waals surface area (Å²) in [6, 6.07) is 22.2. The highest BCUT2D eigenvalue weighted by Crippen LogP contribution is 2.22. The van der Waals surface area contributed by atoms with E-state index in [1.807, 2.05) is 55.5 Å². The van der Waals surface area contributed by atoms with Gasteiger partial charge in [-0.1, -0.05) is 49.4 Å². The van der Waals surface area contributed by atoms with Crippen molar-refractivity contribution in [2.24, 2.45) is 0 Å². The Morgan fingerprint density at radius 2 is 1.58 bits per heavy atom. The number of nitrogens with zero attached hydrogens (tertiary/aromatic N) is 1. The average Bonchev–Trinajstić information content (AvgIpc) is 2.81. The molecular formula is C26H30N2O4S. The molecule has 0 saturated heterocycles. The van der Waals surface area contributed by atoms with E-state index in [1.165, 1.54) is 10.6 Å². The summed E-state index contributed by atoms with van der Waals surface area (Å²) in [5.41, 5.74) is 4.10. The molecule has 3 rings (SSSR count). The number of carbonyl (C=O) groups is 1. The fraction of sp³-hybridized carbons (Fsp3) is 0.269. The molecule has 7 heteroatoms. The molecule has 0 atom stereocenters. The van der Waals surface area contributed by atoms with Crippen LogP contribution < -0.4 is 14.4 Å². The zero-order chi connectivity index (χ0) is 23.8. The van der Waals surface area contributed by atoms with Crippen LogP contribution in [0.15, 0.2) is 72.8 Å². The fourth-order valence-electron chi connectivity index (χ4n) is 3.37. The lowest BCUT2D eigenvalue weighted by atomic mass is 10.1. The molecule has 0 aliphatic carbocycles. The average molecular weight is 467 g/mol. The molecule has 3 aromatic rings. The third-order valence-corrected chi connectivity index (χ3v) is 6.45. The van der Waals surface area contributed by atoms with Gasteiger partial charge in [0.05, 0.1) is 25.0 Å². The van der Waals surface area contributed by atoms with Gasteiger partial charge in [-0.3, -0.25) is 9.10 Å². The first kappa shape index (κ1) is 24.3. The Morgan fingerprint density at radius 3 is 2.18 bits per heavy atom. The van der Waals surface area contributed by atoms with E-state index in [4.69, 9.17) is 4.74 Å². The minimum Gasteiger partial charge on any atom is -0.491 e. The Kier molecular flexibility index (Phi) is 8.11. The largest absolute Gasteiger partial charge is 0.491 e. The van der Waals surface area contributed by atoms with Crippen molar-refractivity contribution in [1.82, 2.24) is 5.32 Å². The summed E-state index contributed by atoms with van der Waals surface area (Å²) >= 11 is 0. The number of sulfonamides is 1. The van der Waals surface area contributed by atoms with Crippen molar-refractivity contribution < 1.29 is 17.9 Å². The predicted molar refractivity (Wildman–Crippen MR) is 132 cm³/mol. The number of hydrogen-bond donors (Lipinski definition) is 1. The normalized spacial score (nSPS) is 11.1. The zero-order valence-electron chi connectivity index (χ0n) is 19.2. The number of benzene rings is 3. The van der Waals surface area contributed by atoms with Crippen LogP contribution in [-0.2, 0) is 23.0 Å². The molecule has 3 aromatic carbocycles. The van der Waals surface area contributed by atoms with E-state index in [0.29, 0.717) is 24.4 Å². The van der Waals surface area contributed by atoms with Gasteiger partial charge < -0.3 is 10.1 Å². The maximum Gasteiger partial charge on any atom is 0.251 e. The predicted octanol–water partition coefficient (Wildman–Crippen LogP) is 4.33. The van der Waals surface area contributed by atoms with Crippen LogP contribution in [0.4, 0.5) is 5.69 Å². The quantitative estimate of drug-likeness (QED) is 0.451. The first-order valence-corrected chi connectivity index (χ1v) is 12.7. The number of ether oxygens (including phenoxy) is 1. The molecule has 0 unspecified atom stereocenters. The highest BCUT2D eigenvalue weighted by molar-refractivity contribution is 7.92. The molecule has 33 heavy (non-hydrogen) atoms. The molecule has 1 amide bonds. The van der Waals surface area contributed by atoms with Crippen molar-refractivity contribution in [3.05, 3.63) is 95.1 Å². The zero-order valence-corrected chi connectivity index (χ0v) is 20.1. The molecule has 0 aliphatic heterocycles. The van der Waals surface area contributed by atoms with Gasteiger partial charge in [-0.15, -0.1) is 0 Å². The second-order valence-corrected chi connectivity index (χ2v) is 9.76. The molecule has 0 aliphatic rings. The van der Waals surface area contributed by atoms with E-state index in [9.17, 15) is 13.2 Å². The molecular weight excluding hydrogens is 436 g/mol. The molecule has 174 valence electrons. The summed E-state index contributed by atoms with van der Waals surface area (Å²) in [5, 5.41) is 2.84. The fourth-order valence-corrected chi connectivity index (χ4v) is 4.26. The number of rotatable bonds is 10. The van der Waals surface area contributed by atoms with Gasteiger partial charge in [-0.25, -0.2) is 8.42 Å². The molecule has 0 bridgehead atoms. The highest BCUT2D eigenvalue weighted by atomic mass is 32.2. The number of aryl methyl sites for hydroxylation is 2. The van der Waals surface area contributed by atoms with Crippen molar-refractivity contribution in [1.29, 1.82) is 0 Å². The summed E-state index contributed by atoms with van der Waals surface area (Å²) in [6.45, 7) is 4.97. The van der Waals surface area contributed by atoms with Crippen LogP contribution in [0.5, 0.6) is 5.75 Å². The first-order valence-electron chi connectivity index (χ1n) is 10.9. The van der Waals surface area contributed by atoms with Gasteiger partial charge in [0.25, 0.3) is 5.91 Å². The number of carbonyl (C=O) groups excluding carboxylic acids is 1. The van der Waals surface area contributed by atoms with Gasteiger partial charge in [0.1, 0.15) is 12.4 Å². The van der Waals surface area contributed by atoms with Gasteiger partial charge in [0.2, 0.25) is 10.0 Å². The van der Waals surface area contributed by atoms with Crippen molar-refractivity contribution in [3.63, 3.8) is 0 Å². The van der Waals surface area contributed by atoms with Gasteiger partial charge in [-0.05, 0) is 60.4 Å². The smallest absolute Gasteiger partial charge is 0.251 e. The standard InChI is InChI=1S/C26H30N2O4S/c1-4-21-11-15-24(16-12-21)28(33(3,30)31)19-22-9-13-23(14-10-22)26(29)27-17-18-32-25-8-6-5-7-20(25)2/h5-16H,4,17-19H2,1-3H3,(H,27,29). The summed E-state index contributed by atoms with van der Waals surface area (Å²) < 4.78 is 31.8. The van der Waals surface area contributed by atoms with E-state index >= 15 is 0 Å². The van der Waals surface area contributed by atoms with Gasteiger partial charge in [-0.2, -0.15) is 0 Å². The Morgan fingerprint density at radius 1 is 0.939 bits per heavy atom. The van der Waals surface area contributed by atoms with Crippen LogP contribution in [0, 0.1) is 6.92 Å². The van der Waals surface area contributed by atoms with Crippen molar-refractivity contribution in [3.8, 4) is 5.75 Å². The van der Waals surface area contributed by atoms with Crippen molar-refractivity contribution in [2.75, 3.05) is 23.7 Å². The Bertz CT molecular complexity index is 1170. The third kappa shape index (κ3) is 6.83. The van der Waals surface area contributed by atoms with Crippen LogP contribution in [0.1, 0.15) is 34.0 Å². The van der Waals surface area contributed by atoms with Crippen molar-refractivity contribution >= 4 is 21.6 Å². The Balaban J connectivity index is 1.58. The molecule has 0 spiro atoms. The number of anilines is 1. The van der Waals surface area contributed by atoms with Crippen LogP contribution in [0.25, 0.3) is 0 Å². The minimum absolute atomic E-state index is 0.191. The lowest BCUT2D eigenvalue weighted by Crippen LogP contribution is -2.29. The van der Waals surface area contributed by atoms with Crippen LogP contribution in [0.2, 0.25) is 0 Å². The first-order chi connectivity index (χ1) is 15.8. The van der Waals surface area contributed by atoms with Gasteiger partial charge in [0, 0.05) is 5.56 Å². The Hall–Kier alpha value is -3.32. The number of amides is 1. The monoisotopic (exact) mass is 466 g/mol. The molecule has 0 aromatic heterocycles. The molecule has 0 radical (unpaired) electrons. The van der Waals surface area contributed by atoms with E-state index in [2.05, 4.69) is 12.2 Å². The topological polar surface area (TPSA) is 75.7 Å². The Labute approximate surface area is 196 Å². The SMILES string of the molecule is CCc1ccc(N(Cc2ccc(C(=O)NCCOc3ccccc3C)cc2)S(C)(=O)=O)cc1. The lowest BCUT2D eigenvalue weighted by Gasteiger charge is -2.23. The van der Waals surface area contributed by atoms with E-state index in [1.54, 1.807) is 24.3 Å². The van der Waals surface area contributed by atoms with Crippen LogP contribution >= 0.6 is 0 Å². The molecule has 0 fully saturated rings. The van der Waals surface area contributed by atoms with E-state index < -0.39 is 10.0 Å². The maximum absolute atomic E-state index is 12.4. The molecule has 0 heterocycles. The molecule has 0 saturated carbocycles. The summed E-state index contributed by atoms with van der Waals surface area (Å²) in [7, 11) is -3.46. The van der Waals surface area contributed by atoms with E-state index in [0.717, 1.165) is 28.9 Å². The van der Waals surface area contributed by atoms with Crippen LogP contribution in [-0.4, -0.2) is 33.7 Å². The summed E-state index contributed by atoms with van der Waals surface area (Å²) in [4.78, 5) is 12.4. The van der Waals surface area contributed by atoms with Crippen molar-refractivity contribution in [2.45, 2.75) is 26.8 Å². The number of para-hydroxylation sites is 1. The summed E-state index contributed by atoms with van der Waals surface area (Å²) in [6.07, 6.45) is 2.09. The van der Waals surface area contributed by atoms with E-state index in [-0.39, 0.29) is 12.5 Å². The second kappa shape index (κ2) is 11.0. The third-order valence-electron chi connectivity index (χ3n) is 5.31. The highest BCUT2D eigenvalue weighted by Gasteiger charge is 2.18. The lowest BCUT2D eigenvalue weighted by molar-refractivity contribution is 0.0947. The minimum atomic E-state index is -3.46. The number of nitrogens with one attached hydrogen (secondary N) is 1. The summed E-state index contributed by atoms with van der Waals surface area (Å²) in [5.74, 6) is 0.598. The second-order valence-electron chi connectivity index (χ2n) is 7.86. The number of hydrogen-bond acceptors (Lipinski definition) is 4.